The molecule has 0 radical (unpaired) electrons. The summed E-state index contributed by atoms with van der Waals surface area (Å²) in [6.07, 6.45) is 0. The molecule has 0 bridgehead atoms. The number of aromatic nitrogens is 1. The molecular weight excluding hydrogens is 261 g/mol. The van der Waals surface area contributed by atoms with E-state index >= 15 is 0 Å². The molecule has 0 aliphatic carbocycles. The van der Waals surface area contributed by atoms with Crippen LogP contribution in [0.3, 0.4) is 0 Å². The fourth-order valence-corrected chi connectivity index (χ4v) is 1.66. The van der Waals surface area contributed by atoms with Gasteiger partial charge in [-0.1, -0.05) is 23.2 Å². The van der Waals surface area contributed by atoms with Crippen LogP contribution in [0.1, 0.15) is 17.3 Å². The summed E-state index contributed by atoms with van der Waals surface area (Å²) in [6.45, 7) is 3.97. The highest BCUT2D eigenvalue weighted by molar-refractivity contribution is 6.34. The first-order chi connectivity index (χ1) is 8.06. The number of hydrogen-bond acceptors (Lipinski definition) is 3. The van der Waals surface area contributed by atoms with Crippen LogP contribution in [0.2, 0.25) is 10.0 Å². The van der Waals surface area contributed by atoms with Gasteiger partial charge in [-0.05, 0) is 26.0 Å². The normalized spacial score (nSPS) is 10.6. The van der Waals surface area contributed by atoms with Crippen molar-refractivity contribution in [2.75, 3.05) is 0 Å². The Morgan fingerprint density at radius 2 is 2.06 bits per heavy atom. The van der Waals surface area contributed by atoms with Crippen LogP contribution in [0.5, 0.6) is 5.75 Å². The monoisotopic (exact) mass is 271 g/mol. The summed E-state index contributed by atoms with van der Waals surface area (Å²) >= 11 is 11.8. The highest BCUT2D eigenvalue weighted by Crippen LogP contribution is 2.28. The molecule has 17 heavy (non-hydrogen) atoms. The molecule has 0 aliphatic rings. The van der Waals surface area contributed by atoms with Gasteiger partial charge in [0, 0.05) is 11.1 Å². The van der Waals surface area contributed by atoms with Crippen molar-refractivity contribution in [2.24, 2.45) is 0 Å². The summed E-state index contributed by atoms with van der Waals surface area (Å²) in [5, 5.41) is 1.08. The van der Waals surface area contributed by atoms with E-state index in [0.29, 0.717) is 21.7 Å². The van der Waals surface area contributed by atoms with Crippen molar-refractivity contribution in [3.63, 3.8) is 0 Å². The number of benzene rings is 1. The molecule has 5 heteroatoms. The molecule has 2 rings (SSSR count). The zero-order valence-corrected chi connectivity index (χ0v) is 11.0. The summed E-state index contributed by atoms with van der Waals surface area (Å²) in [4.78, 5) is 4.21. The molecule has 0 spiro atoms. The predicted molar refractivity (Wildman–Crippen MR) is 66.8 cm³/mol. The van der Waals surface area contributed by atoms with Gasteiger partial charge in [0.15, 0.2) is 6.61 Å². The molecular formula is C12H11Cl2NO2. The van der Waals surface area contributed by atoms with Crippen LogP contribution in [0.15, 0.2) is 22.6 Å². The van der Waals surface area contributed by atoms with E-state index in [1.165, 1.54) is 0 Å². The van der Waals surface area contributed by atoms with Gasteiger partial charge in [-0.15, -0.1) is 0 Å². The van der Waals surface area contributed by atoms with Gasteiger partial charge in [0.1, 0.15) is 11.5 Å². The minimum Gasteiger partial charge on any atom is -0.482 e. The second-order valence-electron chi connectivity index (χ2n) is 3.61. The largest absolute Gasteiger partial charge is 0.482 e. The van der Waals surface area contributed by atoms with Gasteiger partial charge in [-0.25, -0.2) is 4.98 Å². The molecule has 2 aromatic rings. The van der Waals surface area contributed by atoms with E-state index < -0.39 is 0 Å². The third kappa shape index (κ3) is 2.93. The molecule has 1 aromatic carbocycles. The van der Waals surface area contributed by atoms with Crippen molar-refractivity contribution >= 4 is 23.2 Å². The summed E-state index contributed by atoms with van der Waals surface area (Å²) < 4.78 is 10.9. The lowest BCUT2D eigenvalue weighted by Crippen LogP contribution is -1.96. The molecule has 1 heterocycles. The number of hydrogen-bond donors (Lipinski definition) is 0. The van der Waals surface area contributed by atoms with E-state index in [-0.39, 0.29) is 6.61 Å². The van der Waals surface area contributed by atoms with Crippen LogP contribution in [0, 0.1) is 13.8 Å². The lowest BCUT2D eigenvalue weighted by molar-refractivity contribution is 0.260. The Morgan fingerprint density at radius 1 is 1.29 bits per heavy atom. The van der Waals surface area contributed by atoms with Crippen LogP contribution in [0.4, 0.5) is 0 Å². The van der Waals surface area contributed by atoms with Crippen LogP contribution in [-0.4, -0.2) is 4.98 Å². The summed E-state index contributed by atoms with van der Waals surface area (Å²) in [7, 11) is 0. The van der Waals surface area contributed by atoms with Crippen molar-refractivity contribution in [1.82, 2.24) is 4.98 Å². The first kappa shape index (κ1) is 12.3. The molecule has 0 unspecified atom stereocenters. The summed E-state index contributed by atoms with van der Waals surface area (Å²) in [5.74, 6) is 1.84. The number of ether oxygens (including phenoxy) is 1. The standard InChI is InChI=1S/C12H11Cl2NO2/c1-7-8(2)17-12(15-7)6-16-11-5-9(13)3-4-10(11)14/h3-5H,6H2,1-2H3. The number of halogens is 2. The molecule has 90 valence electrons. The van der Waals surface area contributed by atoms with E-state index in [1.807, 2.05) is 13.8 Å². The van der Waals surface area contributed by atoms with Gasteiger partial charge in [-0.3, -0.25) is 0 Å². The quantitative estimate of drug-likeness (QED) is 0.840. The Bertz CT molecular complexity index is 518. The van der Waals surface area contributed by atoms with Gasteiger partial charge < -0.3 is 9.15 Å². The molecule has 0 atom stereocenters. The molecule has 0 fully saturated rings. The van der Waals surface area contributed by atoms with Crippen LogP contribution >= 0.6 is 23.2 Å². The zero-order valence-electron chi connectivity index (χ0n) is 9.46. The van der Waals surface area contributed by atoms with E-state index in [2.05, 4.69) is 4.98 Å². The average molecular weight is 272 g/mol. The van der Waals surface area contributed by atoms with Crippen molar-refractivity contribution in [3.8, 4) is 5.75 Å². The zero-order chi connectivity index (χ0) is 12.4. The van der Waals surface area contributed by atoms with Gasteiger partial charge in [-0.2, -0.15) is 0 Å². The number of oxazole rings is 1. The molecule has 0 N–H and O–H groups in total. The number of nitrogens with zero attached hydrogens (tertiary/aromatic N) is 1. The minimum absolute atomic E-state index is 0.231. The lowest BCUT2D eigenvalue weighted by Gasteiger charge is -2.05. The third-order valence-corrected chi connectivity index (χ3v) is 2.86. The molecule has 1 aromatic heterocycles. The maximum atomic E-state index is 5.96. The SMILES string of the molecule is Cc1nc(COc2cc(Cl)ccc2Cl)oc1C. The average Bonchev–Trinajstić information content (AvgIpc) is 2.60. The highest BCUT2D eigenvalue weighted by Gasteiger charge is 2.08. The lowest BCUT2D eigenvalue weighted by atomic mass is 10.3. The van der Waals surface area contributed by atoms with Gasteiger partial charge >= 0.3 is 0 Å². The van der Waals surface area contributed by atoms with Crippen LogP contribution < -0.4 is 4.74 Å². The summed E-state index contributed by atoms with van der Waals surface area (Å²) in [6, 6.07) is 5.05. The van der Waals surface area contributed by atoms with E-state index in [1.54, 1.807) is 18.2 Å². The Kier molecular flexibility index (Phi) is 3.60. The summed E-state index contributed by atoms with van der Waals surface area (Å²) in [5.41, 5.74) is 0.862. The van der Waals surface area contributed by atoms with Crippen molar-refractivity contribution < 1.29 is 9.15 Å². The predicted octanol–water partition coefficient (Wildman–Crippen LogP) is 4.18. The van der Waals surface area contributed by atoms with Crippen LogP contribution in [0.25, 0.3) is 0 Å². The Balaban J connectivity index is 2.09. The Labute approximate surface area is 109 Å². The maximum Gasteiger partial charge on any atom is 0.232 e. The first-order valence-electron chi connectivity index (χ1n) is 5.07. The third-order valence-electron chi connectivity index (χ3n) is 2.32. The van der Waals surface area contributed by atoms with E-state index in [0.717, 1.165) is 11.5 Å². The van der Waals surface area contributed by atoms with Crippen molar-refractivity contribution in [2.45, 2.75) is 20.5 Å². The van der Waals surface area contributed by atoms with Gasteiger partial charge in [0.05, 0.1) is 10.7 Å². The van der Waals surface area contributed by atoms with Crippen molar-refractivity contribution in [1.29, 1.82) is 0 Å². The van der Waals surface area contributed by atoms with Gasteiger partial charge in [0.2, 0.25) is 5.89 Å². The second-order valence-corrected chi connectivity index (χ2v) is 4.46. The molecule has 0 saturated carbocycles. The highest BCUT2D eigenvalue weighted by atomic mass is 35.5. The van der Waals surface area contributed by atoms with Crippen molar-refractivity contribution in [3.05, 3.63) is 45.6 Å². The molecule has 0 saturated heterocycles. The molecule has 0 amide bonds. The smallest absolute Gasteiger partial charge is 0.232 e. The maximum absolute atomic E-state index is 5.96. The molecule has 0 aliphatic heterocycles. The fourth-order valence-electron chi connectivity index (χ4n) is 1.33. The van der Waals surface area contributed by atoms with E-state index in [4.69, 9.17) is 32.4 Å². The van der Waals surface area contributed by atoms with E-state index in [9.17, 15) is 0 Å². The number of rotatable bonds is 3. The molecule has 3 nitrogen and oxygen atoms in total. The number of aryl methyl sites for hydroxylation is 2. The minimum atomic E-state index is 0.231. The Morgan fingerprint density at radius 3 is 2.71 bits per heavy atom. The first-order valence-corrected chi connectivity index (χ1v) is 5.82. The second kappa shape index (κ2) is 4.98. The van der Waals surface area contributed by atoms with Crippen LogP contribution in [-0.2, 0) is 6.61 Å². The fraction of sp³-hybridized carbons (Fsp3) is 0.250. The van der Waals surface area contributed by atoms with Gasteiger partial charge in [0.25, 0.3) is 0 Å². The Hall–Kier alpha value is -1.19. The topological polar surface area (TPSA) is 35.3 Å².